The number of carbonyl (C=O) groups excluding carboxylic acids is 1. The van der Waals surface area contributed by atoms with Crippen molar-refractivity contribution in [3.8, 4) is 11.5 Å². The number of methoxy groups -OCH3 is 1. The van der Waals surface area contributed by atoms with Gasteiger partial charge >= 0.3 is 0 Å². The summed E-state index contributed by atoms with van der Waals surface area (Å²) in [6.45, 7) is 4.25. The first-order valence-electron chi connectivity index (χ1n) is 13.9. The highest BCUT2D eigenvalue weighted by molar-refractivity contribution is 9.10. The molecule has 2 saturated heterocycles. The second-order valence-corrected chi connectivity index (χ2v) is 12.7. The van der Waals surface area contributed by atoms with E-state index in [9.17, 15) is 28.9 Å². The van der Waals surface area contributed by atoms with Crippen molar-refractivity contribution in [1.29, 1.82) is 0 Å². The molecule has 0 radical (unpaired) electrons. The zero-order valence-electron chi connectivity index (χ0n) is 24.6. The van der Waals surface area contributed by atoms with E-state index in [4.69, 9.17) is 32.7 Å². The maximum Gasteiger partial charge on any atom is 0.253 e. The zero-order chi connectivity index (χ0) is 33.1. The Morgan fingerprint density at radius 1 is 1.09 bits per heavy atom. The first-order valence-corrected chi connectivity index (χ1v) is 15.4. The number of nitrogens with zero attached hydrogens (tertiary/aromatic N) is 4. The highest BCUT2D eigenvalue weighted by Gasteiger charge is 2.49. The number of pyridine rings is 2. The van der Waals surface area contributed by atoms with E-state index in [-0.39, 0.29) is 40.6 Å². The van der Waals surface area contributed by atoms with Crippen molar-refractivity contribution in [3.05, 3.63) is 74.6 Å². The fourth-order valence-corrected chi connectivity index (χ4v) is 5.79. The predicted molar refractivity (Wildman–Crippen MR) is 168 cm³/mol. The quantitative estimate of drug-likeness (QED) is 0.288. The van der Waals surface area contributed by atoms with E-state index in [0.29, 0.717) is 29.6 Å². The number of amides is 1. The lowest BCUT2D eigenvalue weighted by Gasteiger charge is -2.40. The summed E-state index contributed by atoms with van der Waals surface area (Å²) in [5, 5.41) is 30.2. The number of anilines is 1. The maximum atomic E-state index is 14.2. The van der Waals surface area contributed by atoms with Gasteiger partial charge in [-0.2, -0.15) is 0 Å². The molecule has 45 heavy (non-hydrogen) atoms. The normalized spacial score (nSPS) is 21.0. The first-order chi connectivity index (χ1) is 21.3. The average Bonchev–Trinajstić information content (AvgIpc) is 3.35. The summed E-state index contributed by atoms with van der Waals surface area (Å²) in [4.78, 5) is 23.4. The lowest BCUT2D eigenvalue weighted by atomic mass is 9.72. The Morgan fingerprint density at radius 2 is 1.73 bits per heavy atom. The predicted octanol–water partition coefficient (Wildman–Crippen LogP) is 4.45. The van der Waals surface area contributed by atoms with Gasteiger partial charge in [-0.1, -0.05) is 36.2 Å². The van der Waals surface area contributed by atoms with Gasteiger partial charge in [-0.3, -0.25) is 4.79 Å². The third kappa shape index (κ3) is 7.95. The van der Waals surface area contributed by atoms with Crippen LogP contribution in [0.25, 0.3) is 0 Å². The van der Waals surface area contributed by atoms with Crippen LogP contribution in [-0.4, -0.2) is 94.3 Å². The van der Waals surface area contributed by atoms with Crippen molar-refractivity contribution in [3.63, 3.8) is 0 Å². The van der Waals surface area contributed by atoms with Crippen LogP contribution in [0.1, 0.15) is 25.3 Å². The maximum absolute atomic E-state index is 14.2. The second kappa shape index (κ2) is 14.7. The molecular formula is C30H33BrCl2F2N4O6. The van der Waals surface area contributed by atoms with Crippen LogP contribution in [0.15, 0.2) is 47.3 Å². The summed E-state index contributed by atoms with van der Waals surface area (Å²) in [5.74, 6) is -0.536. The Labute approximate surface area is 277 Å². The molecule has 2 aliphatic rings. The van der Waals surface area contributed by atoms with E-state index in [1.165, 1.54) is 36.5 Å². The number of halogens is 5. The molecule has 0 aliphatic carbocycles. The highest BCUT2D eigenvalue weighted by Crippen LogP contribution is 2.47. The molecule has 0 saturated carbocycles. The Hall–Kier alpha value is -2.81. The Morgan fingerprint density at radius 3 is 2.29 bits per heavy atom. The van der Waals surface area contributed by atoms with Gasteiger partial charge in [0.05, 0.1) is 43.0 Å². The minimum atomic E-state index is -1.50. The number of hydrogen-bond donors (Lipinski definition) is 3. The molecule has 4 atom stereocenters. The van der Waals surface area contributed by atoms with Crippen LogP contribution in [0.4, 0.5) is 14.6 Å². The monoisotopic (exact) mass is 732 g/mol. The lowest BCUT2D eigenvalue weighted by molar-refractivity contribution is -0.141. The molecular weight excluding hydrogens is 701 g/mol. The van der Waals surface area contributed by atoms with Gasteiger partial charge in [-0.15, -0.1) is 0 Å². The number of rotatable bonds is 8. The van der Waals surface area contributed by atoms with Crippen molar-refractivity contribution in [1.82, 2.24) is 14.9 Å². The third-order valence-electron chi connectivity index (χ3n) is 8.04. The minimum absolute atomic E-state index is 0.187. The fraction of sp³-hybridized carbons (Fsp3) is 0.433. The summed E-state index contributed by atoms with van der Waals surface area (Å²) < 4.78 is 38.4. The average molecular weight is 734 g/mol. The van der Waals surface area contributed by atoms with Crippen molar-refractivity contribution in [2.75, 3.05) is 44.8 Å². The largest absolute Gasteiger partial charge is 0.493 e. The number of aliphatic hydroxyl groups is 3. The van der Waals surface area contributed by atoms with Crippen LogP contribution in [-0.2, 0) is 4.79 Å². The van der Waals surface area contributed by atoms with Crippen LogP contribution in [0.5, 0.6) is 11.5 Å². The van der Waals surface area contributed by atoms with E-state index < -0.39 is 41.8 Å². The van der Waals surface area contributed by atoms with Crippen molar-refractivity contribution >= 4 is 50.9 Å². The van der Waals surface area contributed by atoms with Gasteiger partial charge in [0, 0.05) is 36.8 Å². The van der Waals surface area contributed by atoms with E-state index in [0.717, 1.165) is 5.56 Å². The van der Waals surface area contributed by atoms with E-state index in [2.05, 4.69) is 25.9 Å². The smallest absolute Gasteiger partial charge is 0.253 e. The summed E-state index contributed by atoms with van der Waals surface area (Å²) in [6, 6.07) is 7.90. The van der Waals surface area contributed by atoms with Crippen LogP contribution in [0.2, 0.25) is 10.0 Å². The number of ether oxygens (including phenoxy) is 2. The van der Waals surface area contributed by atoms with Gasteiger partial charge in [0.1, 0.15) is 10.7 Å². The van der Waals surface area contributed by atoms with Crippen molar-refractivity contribution < 1.29 is 38.4 Å². The van der Waals surface area contributed by atoms with E-state index in [1.807, 2.05) is 19.1 Å². The molecule has 4 heterocycles. The van der Waals surface area contributed by atoms with Gasteiger partial charge in [-0.25, -0.2) is 18.7 Å². The van der Waals surface area contributed by atoms with Gasteiger partial charge in [0.2, 0.25) is 0 Å². The number of aliphatic hydroxyl groups excluding tert-OH is 3. The summed E-state index contributed by atoms with van der Waals surface area (Å²) >= 11 is 14.1. The molecule has 2 aromatic heterocycles. The van der Waals surface area contributed by atoms with Gasteiger partial charge in [0.15, 0.2) is 35.1 Å². The first kappa shape index (κ1) is 35.1. The summed E-state index contributed by atoms with van der Waals surface area (Å²) in [7, 11) is 1.54. The van der Waals surface area contributed by atoms with Crippen LogP contribution < -0.4 is 14.4 Å². The number of carbonyl (C=O) groups is 1. The topological polar surface area (TPSA) is 128 Å². The summed E-state index contributed by atoms with van der Waals surface area (Å²) in [6.07, 6.45) is 0.290. The molecule has 0 bridgehead atoms. The molecule has 1 aromatic carbocycles. The van der Waals surface area contributed by atoms with Crippen molar-refractivity contribution in [2.45, 2.75) is 38.1 Å². The Bertz CT molecular complexity index is 1520. The third-order valence-corrected chi connectivity index (χ3v) is 9.03. The molecule has 3 N–H and O–H groups in total. The molecule has 15 heteroatoms. The molecule has 0 spiro atoms. The number of hydrogen-bond acceptors (Lipinski definition) is 9. The van der Waals surface area contributed by atoms with Gasteiger partial charge in [-0.05, 0) is 52.7 Å². The SMILES string of the molecule is COc1ccc([C@@H]2CN(C(=O)[C@@H](O)CO)C[C@@]2(C)[C@@H](C)O)cc1OC1CN(c2ncc(Cl)cc2F)C1.Fc1cc(Cl)cnc1Br. The lowest BCUT2D eigenvalue weighted by Crippen LogP contribution is -2.54. The van der Waals surface area contributed by atoms with E-state index >= 15 is 0 Å². The highest BCUT2D eigenvalue weighted by atomic mass is 79.9. The molecule has 1 amide bonds. The van der Waals surface area contributed by atoms with Crippen LogP contribution >= 0.6 is 39.1 Å². The zero-order valence-corrected chi connectivity index (χ0v) is 27.7. The van der Waals surface area contributed by atoms with Gasteiger partial charge in [0.25, 0.3) is 5.91 Å². The number of likely N-dealkylation sites (tertiary alicyclic amines) is 1. The minimum Gasteiger partial charge on any atom is -0.493 e. The standard InChI is InChI=1S/C25H31ClFN3O6.C5H2BrClFN/c1-14(32)25(2)13-30(24(34)20(33)12-31)11-18(25)15-4-5-21(35-3)22(6-15)36-17-9-29(10-17)23-19(27)7-16(26)8-28-23;6-5-4(8)1-3(7)2-9-5/h4-8,14,17-18,20,31-33H,9-13H2,1-3H3;1-2H/t14-,18+,20+,25+;/m1./s1. The summed E-state index contributed by atoms with van der Waals surface area (Å²) in [5.41, 5.74) is 0.145. The van der Waals surface area contributed by atoms with Crippen LogP contribution in [0, 0.1) is 17.0 Å². The Balaban J connectivity index is 0.000000440. The number of benzene rings is 1. The molecule has 3 aromatic rings. The second-order valence-electron chi connectivity index (χ2n) is 11.1. The molecule has 2 aliphatic heterocycles. The van der Waals surface area contributed by atoms with Crippen LogP contribution in [0.3, 0.4) is 0 Å². The van der Waals surface area contributed by atoms with Gasteiger partial charge < -0.3 is 34.6 Å². The molecule has 244 valence electrons. The molecule has 0 unspecified atom stereocenters. The number of aromatic nitrogens is 2. The van der Waals surface area contributed by atoms with Crippen molar-refractivity contribution in [2.24, 2.45) is 5.41 Å². The fourth-order valence-electron chi connectivity index (χ4n) is 5.29. The molecule has 2 fully saturated rings. The molecule has 10 nitrogen and oxygen atoms in total. The van der Waals surface area contributed by atoms with E-state index in [1.54, 1.807) is 17.9 Å². The Kier molecular flexibility index (Phi) is 11.5. The molecule has 5 rings (SSSR count).